The summed E-state index contributed by atoms with van der Waals surface area (Å²) in [5.74, 6) is 1.45. The molecule has 0 atom stereocenters. The Morgan fingerprint density at radius 2 is 1.89 bits per heavy atom. The topological polar surface area (TPSA) is 79.4 Å². The Labute approximate surface area is 206 Å². The predicted molar refractivity (Wildman–Crippen MR) is 138 cm³/mol. The lowest BCUT2D eigenvalue weighted by Gasteiger charge is -2.34. The quantitative estimate of drug-likeness (QED) is 0.528. The van der Waals surface area contributed by atoms with Crippen molar-refractivity contribution >= 4 is 17.4 Å². The van der Waals surface area contributed by atoms with Crippen molar-refractivity contribution in [1.82, 2.24) is 15.1 Å². The Morgan fingerprint density at radius 3 is 2.63 bits per heavy atom. The molecule has 182 valence electrons. The van der Waals surface area contributed by atoms with E-state index in [9.17, 15) is 4.79 Å². The summed E-state index contributed by atoms with van der Waals surface area (Å²) in [7, 11) is 0. The number of nitrogens with zero attached hydrogens (tertiary/aromatic N) is 3. The highest BCUT2D eigenvalue weighted by Crippen LogP contribution is 2.26. The first-order valence-corrected chi connectivity index (χ1v) is 12.5. The fourth-order valence-electron chi connectivity index (χ4n) is 5.06. The van der Waals surface area contributed by atoms with Gasteiger partial charge in [-0.2, -0.15) is 0 Å². The van der Waals surface area contributed by atoms with Gasteiger partial charge in [0.15, 0.2) is 0 Å². The van der Waals surface area contributed by atoms with Crippen LogP contribution in [0.15, 0.2) is 54.6 Å². The zero-order chi connectivity index (χ0) is 24.0. The number of anilines is 2. The number of aromatic nitrogens is 2. The van der Waals surface area contributed by atoms with Crippen LogP contribution in [0, 0.1) is 5.92 Å². The summed E-state index contributed by atoms with van der Waals surface area (Å²) < 4.78 is 5.52. The smallest absolute Gasteiger partial charge is 0.221 e. The lowest BCUT2D eigenvalue weighted by molar-refractivity contribution is -0.114. The van der Waals surface area contributed by atoms with Crippen molar-refractivity contribution in [2.45, 2.75) is 39.3 Å². The molecule has 5 rings (SSSR count). The predicted octanol–water partition coefficient (Wildman–Crippen LogP) is 4.50. The fourth-order valence-corrected chi connectivity index (χ4v) is 5.06. The van der Waals surface area contributed by atoms with E-state index >= 15 is 0 Å². The Hall–Kier alpha value is -3.29. The lowest BCUT2D eigenvalue weighted by atomic mass is 9.92. The molecule has 7 heteroatoms. The number of hydrogen-bond acceptors (Lipinski definition) is 6. The summed E-state index contributed by atoms with van der Waals surface area (Å²) in [6.45, 7) is 7.41. The molecule has 35 heavy (non-hydrogen) atoms. The number of hydrogen-bond donors (Lipinski definition) is 2. The molecule has 0 unspecified atom stereocenters. The second kappa shape index (κ2) is 11.0. The molecule has 2 aliphatic rings. The van der Waals surface area contributed by atoms with Crippen LogP contribution >= 0.6 is 0 Å². The minimum Gasteiger partial charge on any atom is -0.381 e. The van der Waals surface area contributed by atoms with Crippen LogP contribution in [0.25, 0.3) is 11.3 Å². The summed E-state index contributed by atoms with van der Waals surface area (Å²) in [6, 6.07) is 18.2. The van der Waals surface area contributed by atoms with Crippen molar-refractivity contribution in [2.24, 2.45) is 5.92 Å². The molecular formula is C28H33N5O2. The van der Waals surface area contributed by atoms with E-state index < -0.39 is 0 Å². The first-order chi connectivity index (χ1) is 17.1. The molecule has 2 N–H and O–H groups in total. The molecular weight excluding hydrogens is 438 g/mol. The maximum atomic E-state index is 11.2. The van der Waals surface area contributed by atoms with E-state index in [0.717, 1.165) is 67.9 Å². The second-order valence-corrected chi connectivity index (χ2v) is 9.51. The molecule has 3 heterocycles. The van der Waals surface area contributed by atoms with Gasteiger partial charge in [0.2, 0.25) is 5.91 Å². The van der Waals surface area contributed by atoms with Gasteiger partial charge in [0.25, 0.3) is 0 Å². The van der Waals surface area contributed by atoms with E-state index in [-0.39, 0.29) is 5.91 Å². The Morgan fingerprint density at radius 1 is 1.06 bits per heavy atom. The molecule has 1 amide bonds. The average Bonchev–Trinajstić information content (AvgIpc) is 2.88. The van der Waals surface area contributed by atoms with Crippen molar-refractivity contribution in [3.63, 3.8) is 0 Å². The standard InChI is InChI=1S/C28H33N5O2/c1-20(34)30-25-7-5-22(6-8-25)27-9-10-28(32-31-27)29-17-23-3-2-4-24-19-33(14-11-26(23)24)18-21-12-15-35-16-13-21/h2-10,21H,11-19H2,1H3,(H,29,32)(H,30,34). The van der Waals surface area contributed by atoms with E-state index in [4.69, 9.17) is 4.74 Å². The van der Waals surface area contributed by atoms with Crippen LogP contribution < -0.4 is 10.6 Å². The number of nitrogens with one attached hydrogen (secondary N) is 2. The van der Waals surface area contributed by atoms with E-state index in [1.54, 1.807) is 0 Å². The first-order valence-electron chi connectivity index (χ1n) is 12.5. The van der Waals surface area contributed by atoms with Crippen LogP contribution in [-0.2, 0) is 29.0 Å². The molecule has 3 aromatic rings. The van der Waals surface area contributed by atoms with Gasteiger partial charge in [0.05, 0.1) is 5.69 Å². The van der Waals surface area contributed by atoms with Gasteiger partial charge in [-0.05, 0) is 66.1 Å². The Bertz CT molecular complexity index is 1140. The zero-order valence-corrected chi connectivity index (χ0v) is 20.3. The fraction of sp³-hybridized carbons (Fsp3) is 0.393. The highest BCUT2D eigenvalue weighted by Gasteiger charge is 2.22. The van der Waals surface area contributed by atoms with Crippen molar-refractivity contribution in [3.05, 3.63) is 71.3 Å². The van der Waals surface area contributed by atoms with Gasteiger partial charge in [-0.1, -0.05) is 30.3 Å². The van der Waals surface area contributed by atoms with Crippen LogP contribution in [0.2, 0.25) is 0 Å². The molecule has 0 spiro atoms. The van der Waals surface area contributed by atoms with Crippen LogP contribution in [-0.4, -0.2) is 47.3 Å². The van der Waals surface area contributed by atoms with E-state index in [0.29, 0.717) is 0 Å². The minimum absolute atomic E-state index is 0.0834. The summed E-state index contributed by atoms with van der Waals surface area (Å²) >= 11 is 0. The van der Waals surface area contributed by atoms with Crippen molar-refractivity contribution in [3.8, 4) is 11.3 Å². The molecule has 0 aliphatic carbocycles. The van der Waals surface area contributed by atoms with Crippen molar-refractivity contribution in [2.75, 3.05) is 36.9 Å². The summed E-state index contributed by atoms with van der Waals surface area (Å²) in [4.78, 5) is 13.8. The van der Waals surface area contributed by atoms with Gasteiger partial charge >= 0.3 is 0 Å². The summed E-state index contributed by atoms with van der Waals surface area (Å²) in [5.41, 5.74) is 6.80. The van der Waals surface area contributed by atoms with E-state index in [1.165, 1.54) is 43.0 Å². The largest absolute Gasteiger partial charge is 0.381 e. The number of carbonyl (C=O) groups excluding carboxylic acids is 1. The van der Waals surface area contributed by atoms with E-state index in [2.05, 4.69) is 43.9 Å². The van der Waals surface area contributed by atoms with Crippen LogP contribution in [0.1, 0.15) is 36.5 Å². The third-order valence-corrected chi connectivity index (χ3v) is 6.92. The third kappa shape index (κ3) is 6.05. The lowest BCUT2D eigenvalue weighted by Crippen LogP contribution is -2.36. The summed E-state index contributed by atoms with van der Waals surface area (Å²) in [5, 5.41) is 15.0. The number of rotatable bonds is 7. The van der Waals surface area contributed by atoms with Gasteiger partial charge in [-0.25, -0.2) is 0 Å². The molecule has 2 aromatic carbocycles. The monoisotopic (exact) mass is 471 g/mol. The van der Waals surface area contributed by atoms with Gasteiger partial charge in [-0.3, -0.25) is 9.69 Å². The minimum atomic E-state index is -0.0834. The molecule has 0 bridgehead atoms. The molecule has 1 fully saturated rings. The number of carbonyl (C=O) groups is 1. The van der Waals surface area contributed by atoms with Crippen molar-refractivity contribution < 1.29 is 9.53 Å². The molecule has 2 aliphatic heterocycles. The molecule has 1 aromatic heterocycles. The van der Waals surface area contributed by atoms with Gasteiger partial charge < -0.3 is 15.4 Å². The highest BCUT2D eigenvalue weighted by molar-refractivity contribution is 5.88. The maximum absolute atomic E-state index is 11.2. The van der Waals surface area contributed by atoms with Gasteiger partial charge in [-0.15, -0.1) is 10.2 Å². The van der Waals surface area contributed by atoms with Gasteiger partial charge in [0, 0.05) is 57.6 Å². The Kier molecular flexibility index (Phi) is 7.35. The average molecular weight is 472 g/mol. The molecule has 1 saturated heterocycles. The number of ether oxygens (including phenoxy) is 1. The zero-order valence-electron chi connectivity index (χ0n) is 20.3. The molecule has 0 saturated carbocycles. The van der Waals surface area contributed by atoms with Crippen LogP contribution in [0.5, 0.6) is 0 Å². The number of fused-ring (bicyclic) bond motifs is 1. The normalized spacial score (nSPS) is 16.5. The SMILES string of the molecule is CC(=O)Nc1ccc(-c2ccc(NCc3cccc4c3CCN(CC3CCOCC3)C4)nn2)cc1. The van der Waals surface area contributed by atoms with Crippen LogP contribution in [0.4, 0.5) is 11.5 Å². The molecule has 7 nitrogen and oxygen atoms in total. The summed E-state index contributed by atoms with van der Waals surface area (Å²) in [6.07, 6.45) is 3.47. The number of benzene rings is 2. The maximum Gasteiger partial charge on any atom is 0.221 e. The first kappa shape index (κ1) is 23.5. The van der Waals surface area contributed by atoms with Crippen LogP contribution in [0.3, 0.4) is 0 Å². The highest BCUT2D eigenvalue weighted by atomic mass is 16.5. The van der Waals surface area contributed by atoms with Crippen molar-refractivity contribution in [1.29, 1.82) is 0 Å². The van der Waals surface area contributed by atoms with E-state index in [1.807, 2.05) is 36.4 Å². The number of amides is 1. The Balaban J connectivity index is 1.18. The van der Waals surface area contributed by atoms with Gasteiger partial charge in [0.1, 0.15) is 5.82 Å². The molecule has 0 radical (unpaired) electrons. The second-order valence-electron chi connectivity index (χ2n) is 9.51. The third-order valence-electron chi connectivity index (χ3n) is 6.92.